The van der Waals surface area contributed by atoms with Crippen LogP contribution in [0, 0.1) is 0 Å². The second-order valence-electron chi connectivity index (χ2n) is 3.05. The topological polar surface area (TPSA) is 66.8 Å². The van der Waals surface area contributed by atoms with Gasteiger partial charge in [0.15, 0.2) is 0 Å². The molecule has 2 aromatic rings. The maximum Gasteiger partial charge on any atom is 0.346 e. The van der Waals surface area contributed by atoms with Crippen molar-refractivity contribution < 1.29 is 20.0 Å². The molecule has 0 aliphatic carbocycles. The van der Waals surface area contributed by atoms with E-state index < -0.39 is 5.97 Å². The molecule has 0 bridgehead atoms. The van der Waals surface area contributed by atoms with E-state index in [0.29, 0.717) is 5.39 Å². The highest BCUT2D eigenvalue weighted by atomic mass is 32.1. The van der Waals surface area contributed by atoms with Crippen LogP contribution in [-0.2, 0) is 16.1 Å². The fraction of sp³-hybridized carbons (Fsp3) is 0.100. The van der Waals surface area contributed by atoms with Crippen molar-refractivity contribution in [3.05, 3.63) is 29.1 Å². The van der Waals surface area contributed by atoms with Gasteiger partial charge in [-0.1, -0.05) is 6.07 Å². The molecule has 2 rings (SSSR count). The molecular weight excluding hydrogens is 216 g/mol. The Morgan fingerprint density at radius 3 is 2.93 bits per heavy atom. The summed E-state index contributed by atoms with van der Waals surface area (Å²) in [5, 5.41) is 20.2. The van der Waals surface area contributed by atoms with E-state index >= 15 is 0 Å². The smallest absolute Gasteiger partial charge is 0.346 e. The lowest BCUT2D eigenvalue weighted by molar-refractivity contribution is -0.233. The van der Waals surface area contributed by atoms with Crippen LogP contribution in [0.15, 0.2) is 23.6 Å². The normalized spacial score (nSPS) is 10.5. The van der Waals surface area contributed by atoms with E-state index in [0.717, 1.165) is 10.3 Å². The van der Waals surface area contributed by atoms with Gasteiger partial charge in [-0.3, -0.25) is 0 Å². The van der Waals surface area contributed by atoms with Gasteiger partial charge >= 0.3 is 5.97 Å². The van der Waals surface area contributed by atoms with E-state index in [2.05, 4.69) is 4.89 Å². The molecule has 15 heavy (non-hydrogen) atoms. The summed E-state index contributed by atoms with van der Waals surface area (Å²) in [5.74, 6) is -0.525. The highest BCUT2D eigenvalue weighted by Gasteiger charge is 2.11. The number of phenols is 1. The summed E-state index contributed by atoms with van der Waals surface area (Å²) in [6.45, 7) is 0. The zero-order chi connectivity index (χ0) is 10.8. The molecule has 0 fully saturated rings. The number of carbonyl (C=O) groups is 1. The minimum Gasteiger partial charge on any atom is -0.507 e. The largest absolute Gasteiger partial charge is 0.507 e. The van der Waals surface area contributed by atoms with E-state index in [1.54, 1.807) is 12.1 Å². The third kappa shape index (κ3) is 1.79. The third-order valence-electron chi connectivity index (χ3n) is 2.11. The molecule has 1 heterocycles. The molecule has 0 spiro atoms. The van der Waals surface area contributed by atoms with Crippen molar-refractivity contribution in [2.75, 3.05) is 0 Å². The van der Waals surface area contributed by atoms with Gasteiger partial charge in [-0.15, -0.1) is 11.3 Å². The highest BCUT2D eigenvalue weighted by Crippen LogP contribution is 2.32. The number of hydrogen-bond donors (Lipinski definition) is 2. The van der Waals surface area contributed by atoms with E-state index in [4.69, 9.17) is 5.26 Å². The molecule has 0 amide bonds. The Kier molecular flexibility index (Phi) is 2.57. The van der Waals surface area contributed by atoms with Crippen molar-refractivity contribution in [1.82, 2.24) is 0 Å². The maximum atomic E-state index is 10.9. The Bertz CT molecular complexity index is 503. The minimum atomic E-state index is -0.713. The molecule has 0 saturated heterocycles. The lowest BCUT2D eigenvalue weighted by Gasteiger charge is -2.02. The van der Waals surface area contributed by atoms with Crippen LogP contribution in [0.3, 0.4) is 0 Å². The van der Waals surface area contributed by atoms with Gasteiger partial charge in [-0.05, 0) is 23.1 Å². The van der Waals surface area contributed by atoms with Crippen LogP contribution in [0.5, 0.6) is 5.75 Å². The Morgan fingerprint density at radius 1 is 1.40 bits per heavy atom. The van der Waals surface area contributed by atoms with Crippen LogP contribution in [-0.4, -0.2) is 16.3 Å². The predicted molar refractivity (Wildman–Crippen MR) is 55.9 cm³/mol. The molecule has 5 heteroatoms. The van der Waals surface area contributed by atoms with Gasteiger partial charge in [0.05, 0.1) is 6.42 Å². The molecule has 4 nitrogen and oxygen atoms in total. The van der Waals surface area contributed by atoms with Crippen LogP contribution in [0.2, 0.25) is 0 Å². The predicted octanol–water partition coefficient (Wildman–Crippen LogP) is 2.17. The van der Waals surface area contributed by atoms with Crippen LogP contribution in [0.4, 0.5) is 0 Å². The zero-order valence-electron chi connectivity index (χ0n) is 7.64. The van der Waals surface area contributed by atoms with E-state index in [-0.39, 0.29) is 12.2 Å². The maximum absolute atomic E-state index is 10.9. The molecule has 0 unspecified atom stereocenters. The minimum absolute atomic E-state index is 0.00616. The number of thiophene rings is 1. The average Bonchev–Trinajstić information content (AvgIpc) is 2.71. The summed E-state index contributed by atoms with van der Waals surface area (Å²) < 4.78 is 0.834. The van der Waals surface area contributed by atoms with Crippen LogP contribution < -0.4 is 0 Å². The van der Waals surface area contributed by atoms with E-state index in [9.17, 15) is 9.90 Å². The van der Waals surface area contributed by atoms with Gasteiger partial charge < -0.3 is 9.99 Å². The number of rotatable bonds is 2. The summed E-state index contributed by atoms with van der Waals surface area (Å²) in [7, 11) is 0. The summed E-state index contributed by atoms with van der Waals surface area (Å²) >= 11 is 1.43. The first-order chi connectivity index (χ1) is 7.22. The van der Waals surface area contributed by atoms with Crippen LogP contribution in [0.1, 0.15) is 5.56 Å². The second-order valence-corrected chi connectivity index (χ2v) is 3.96. The molecule has 0 atom stereocenters. The van der Waals surface area contributed by atoms with Crippen molar-refractivity contribution in [2.45, 2.75) is 6.42 Å². The van der Waals surface area contributed by atoms with Crippen molar-refractivity contribution in [2.24, 2.45) is 0 Å². The van der Waals surface area contributed by atoms with Crippen molar-refractivity contribution in [3.8, 4) is 5.75 Å². The van der Waals surface area contributed by atoms with Gasteiger partial charge in [0.25, 0.3) is 0 Å². The summed E-state index contributed by atoms with van der Waals surface area (Å²) in [4.78, 5) is 14.5. The summed E-state index contributed by atoms with van der Waals surface area (Å²) in [6, 6.07) is 4.95. The van der Waals surface area contributed by atoms with E-state index in [1.807, 2.05) is 5.38 Å². The Labute approximate surface area is 89.3 Å². The molecular formula is C10H8O4S. The fourth-order valence-corrected chi connectivity index (χ4v) is 2.36. The van der Waals surface area contributed by atoms with Crippen LogP contribution in [0.25, 0.3) is 10.1 Å². The van der Waals surface area contributed by atoms with Crippen LogP contribution >= 0.6 is 11.3 Å². The number of carbonyl (C=O) groups excluding carboxylic acids is 1. The van der Waals surface area contributed by atoms with Gasteiger partial charge in [0, 0.05) is 10.1 Å². The molecule has 78 valence electrons. The first-order valence-electron chi connectivity index (χ1n) is 4.24. The first kappa shape index (κ1) is 9.95. The zero-order valence-corrected chi connectivity index (χ0v) is 8.45. The molecule has 0 aliphatic rings. The lowest BCUT2D eigenvalue weighted by Crippen LogP contribution is -2.04. The highest BCUT2D eigenvalue weighted by molar-refractivity contribution is 7.17. The summed E-state index contributed by atoms with van der Waals surface area (Å²) in [5.41, 5.74) is 0.733. The summed E-state index contributed by atoms with van der Waals surface area (Å²) in [6.07, 6.45) is -0.00616. The first-order valence-corrected chi connectivity index (χ1v) is 5.12. The van der Waals surface area contributed by atoms with Gasteiger partial charge in [-0.25, -0.2) is 4.79 Å². The molecule has 2 N–H and O–H groups in total. The van der Waals surface area contributed by atoms with Gasteiger partial charge in [0.2, 0.25) is 0 Å². The number of fused-ring (bicyclic) bond motifs is 1. The third-order valence-corrected chi connectivity index (χ3v) is 3.10. The van der Waals surface area contributed by atoms with Gasteiger partial charge in [-0.2, -0.15) is 5.26 Å². The Morgan fingerprint density at radius 2 is 2.20 bits per heavy atom. The van der Waals surface area contributed by atoms with E-state index in [1.165, 1.54) is 17.4 Å². The lowest BCUT2D eigenvalue weighted by atomic mass is 10.1. The molecule has 1 aromatic heterocycles. The number of benzene rings is 1. The Balaban J connectivity index is 2.48. The SMILES string of the molecule is O=C(Cc1ccc(O)c2ccsc12)OO. The number of phenolic OH excluding ortho intramolecular Hbond substituents is 1. The average molecular weight is 224 g/mol. The van der Waals surface area contributed by atoms with Crippen molar-refractivity contribution >= 4 is 27.4 Å². The van der Waals surface area contributed by atoms with Crippen molar-refractivity contribution in [3.63, 3.8) is 0 Å². The number of hydrogen-bond acceptors (Lipinski definition) is 5. The number of aromatic hydroxyl groups is 1. The monoisotopic (exact) mass is 224 g/mol. The molecule has 0 aliphatic heterocycles. The Hall–Kier alpha value is -1.59. The second kappa shape index (κ2) is 3.88. The van der Waals surface area contributed by atoms with Crippen molar-refractivity contribution in [1.29, 1.82) is 0 Å². The standard InChI is InChI=1S/C10H8O4S/c11-8-2-1-6(5-9(12)14-13)10-7(8)3-4-15-10/h1-4,11,13H,5H2. The molecule has 0 saturated carbocycles. The molecule has 0 radical (unpaired) electrons. The quantitative estimate of drug-likeness (QED) is 0.606. The molecule has 1 aromatic carbocycles. The van der Waals surface area contributed by atoms with Gasteiger partial charge in [0.1, 0.15) is 5.75 Å². The fourth-order valence-electron chi connectivity index (χ4n) is 1.43.